The Balaban J connectivity index is 2.25. The summed E-state index contributed by atoms with van der Waals surface area (Å²) >= 11 is 2.15. The van der Waals surface area contributed by atoms with Crippen LogP contribution in [0, 0.1) is 3.57 Å². The summed E-state index contributed by atoms with van der Waals surface area (Å²) in [7, 11) is -4.14. The highest BCUT2D eigenvalue weighted by Gasteiger charge is 2.32. The lowest BCUT2D eigenvalue weighted by Crippen LogP contribution is -2.37. The maximum Gasteiger partial charge on any atom is 0.410 e. The van der Waals surface area contributed by atoms with Crippen LogP contribution in [0.5, 0.6) is 0 Å². The molecular formula is C15H10INO4S. The standard InChI is InChI=1S/C15H10INO4S/c16-12-8-6-10(7-9-12)13-14(11-4-2-1-3-5-11)21-22(19,20)17-15(13)18/h1-9H,(H,17,18). The van der Waals surface area contributed by atoms with E-state index in [1.54, 1.807) is 42.5 Å². The van der Waals surface area contributed by atoms with Gasteiger partial charge in [-0.15, -0.1) is 0 Å². The Hall–Kier alpha value is -1.87. The van der Waals surface area contributed by atoms with Gasteiger partial charge in [-0.05, 0) is 40.3 Å². The summed E-state index contributed by atoms with van der Waals surface area (Å²) in [5, 5.41) is 0. The van der Waals surface area contributed by atoms with Crippen LogP contribution in [0.2, 0.25) is 0 Å². The molecule has 0 saturated carbocycles. The van der Waals surface area contributed by atoms with Gasteiger partial charge in [0.15, 0.2) is 5.76 Å². The fourth-order valence-corrected chi connectivity index (χ4v) is 3.23. The van der Waals surface area contributed by atoms with Crippen LogP contribution in [0.3, 0.4) is 0 Å². The van der Waals surface area contributed by atoms with Crippen molar-refractivity contribution >= 4 is 50.1 Å². The van der Waals surface area contributed by atoms with Crippen molar-refractivity contribution in [3.63, 3.8) is 0 Å². The van der Waals surface area contributed by atoms with Crippen LogP contribution in [-0.4, -0.2) is 14.3 Å². The van der Waals surface area contributed by atoms with Crippen LogP contribution in [-0.2, 0) is 19.3 Å². The smallest absolute Gasteiger partial charge is 0.365 e. The third-order valence-corrected chi connectivity index (χ3v) is 4.57. The molecule has 1 amide bonds. The zero-order valence-corrected chi connectivity index (χ0v) is 14.1. The van der Waals surface area contributed by atoms with Gasteiger partial charge in [-0.2, -0.15) is 8.42 Å². The number of halogens is 1. The number of nitrogens with one attached hydrogen (secondary N) is 1. The van der Waals surface area contributed by atoms with Crippen LogP contribution < -0.4 is 4.72 Å². The van der Waals surface area contributed by atoms with E-state index in [1.807, 2.05) is 16.9 Å². The van der Waals surface area contributed by atoms with Crippen molar-refractivity contribution in [1.82, 2.24) is 4.72 Å². The second-order valence-electron chi connectivity index (χ2n) is 4.55. The third kappa shape index (κ3) is 3.00. The molecule has 0 fully saturated rings. The predicted octanol–water partition coefficient (Wildman–Crippen LogP) is 2.55. The quantitative estimate of drug-likeness (QED) is 0.748. The van der Waals surface area contributed by atoms with E-state index < -0.39 is 16.2 Å². The first-order valence-electron chi connectivity index (χ1n) is 6.28. The second kappa shape index (κ2) is 5.73. The van der Waals surface area contributed by atoms with Crippen molar-refractivity contribution in [3.05, 3.63) is 69.3 Å². The lowest BCUT2D eigenvalue weighted by molar-refractivity contribution is -0.114. The number of carbonyl (C=O) groups is 1. The number of benzene rings is 2. The Labute approximate surface area is 141 Å². The number of carbonyl (C=O) groups excluding carboxylic acids is 1. The minimum absolute atomic E-state index is 0.0329. The average molecular weight is 427 g/mol. The summed E-state index contributed by atoms with van der Waals surface area (Å²) < 4.78 is 31.3. The van der Waals surface area contributed by atoms with Crippen molar-refractivity contribution in [3.8, 4) is 0 Å². The van der Waals surface area contributed by atoms with Crippen LogP contribution in [0.1, 0.15) is 11.1 Å². The fraction of sp³-hybridized carbons (Fsp3) is 0. The van der Waals surface area contributed by atoms with Crippen molar-refractivity contribution in [2.24, 2.45) is 0 Å². The molecule has 2 aromatic rings. The SMILES string of the molecule is O=C1NS(=O)(=O)OC(c2ccccc2)=C1c1ccc(I)cc1. The molecular weight excluding hydrogens is 417 g/mol. The third-order valence-electron chi connectivity index (χ3n) is 3.03. The first kappa shape index (κ1) is 15.0. The van der Waals surface area contributed by atoms with Gasteiger partial charge in [0.2, 0.25) is 0 Å². The maximum absolute atomic E-state index is 12.2. The van der Waals surface area contributed by atoms with E-state index in [0.717, 1.165) is 3.57 Å². The number of rotatable bonds is 2. The van der Waals surface area contributed by atoms with Crippen molar-refractivity contribution in [1.29, 1.82) is 0 Å². The zero-order chi connectivity index (χ0) is 15.7. The molecule has 0 unspecified atom stereocenters. The molecule has 1 aliphatic rings. The Morgan fingerprint density at radius 3 is 2.18 bits per heavy atom. The van der Waals surface area contributed by atoms with Gasteiger partial charge in [0.05, 0.1) is 5.57 Å². The van der Waals surface area contributed by atoms with Gasteiger partial charge in [-0.25, -0.2) is 4.72 Å². The highest BCUT2D eigenvalue weighted by molar-refractivity contribution is 14.1. The number of hydrogen-bond donors (Lipinski definition) is 1. The van der Waals surface area contributed by atoms with Gasteiger partial charge in [0.1, 0.15) is 0 Å². The minimum Gasteiger partial charge on any atom is -0.365 e. The molecule has 0 bridgehead atoms. The zero-order valence-electron chi connectivity index (χ0n) is 11.1. The van der Waals surface area contributed by atoms with Gasteiger partial charge < -0.3 is 4.18 Å². The predicted molar refractivity (Wildman–Crippen MR) is 90.6 cm³/mol. The summed E-state index contributed by atoms with van der Waals surface area (Å²) in [6.45, 7) is 0. The van der Waals surface area contributed by atoms with E-state index in [2.05, 4.69) is 22.6 Å². The lowest BCUT2D eigenvalue weighted by Gasteiger charge is -2.21. The van der Waals surface area contributed by atoms with Crippen LogP contribution in [0.4, 0.5) is 0 Å². The molecule has 0 atom stereocenters. The average Bonchev–Trinajstić information content (AvgIpc) is 2.48. The Morgan fingerprint density at radius 1 is 0.909 bits per heavy atom. The summed E-state index contributed by atoms with van der Waals surface area (Å²) in [5.74, 6) is -0.670. The normalized spacial score (nSPS) is 16.9. The summed E-state index contributed by atoms with van der Waals surface area (Å²) in [5.41, 5.74) is 1.30. The number of amides is 1. The molecule has 1 N–H and O–H groups in total. The summed E-state index contributed by atoms with van der Waals surface area (Å²) in [6.07, 6.45) is 0. The molecule has 2 aromatic carbocycles. The maximum atomic E-state index is 12.2. The van der Waals surface area contributed by atoms with E-state index >= 15 is 0 Å². The molecule has 7 heteroatoms. The Kier molecular flexibility index (Phi) is 3.92. The van der Waals surface area contributed by atoms with E-state index in [0.29, 0.717) is 11.1 Å². The Bertz CT molecular complexity index is 858. The van der Waals surface area contributed by atoms with Crippen LogP contribution in [0.15, 0.2) is 54.6 Å². The van der Waals surface area contributed by atoms with E-state index in [1.165, 1.54) is 0 Å². The van der Waals surface area contributed by atoms with Gasteiger partial charge >= 0.3 is 10.3 Å². The summed E-state index contributed by atoms with van der Waals surface area (Å²) in [4.78, 5) is 12.2. The molecule has 0 aliphatic carbocycles. The topological polar surface area (TPSA) is 72.5 Å². The largest absolute Gasteiger partial charge is 0.410 e. The lowest BCUT2D eigenvalue weighted by atomic mass is 10.0. The first-order chi connectivity index (χ1) is 10.5. The molecule has 0 spiro atoms. The molecule has 1 heterocycles. The van der Waals surface area contributed by atoms with Crippen molar-refractivity contribution in [2.45, 2.75) is 0 Å². The van der Waals surface area contributed by atoms with E-state index in [4.69, 9.17) is 4.18 Å². The monoisotopic (exact) mass is 427 g/mol. The molecule has 0 radical (unpaired) electrons. The molecule has 5 nitrogen and oxygen atoms in total. The van der Waals surface area contributed by atoms with Crippen LogP contribution >= 0.6 is 22.6 Å². The first-order valence-corrected chi connectivity index (χ1v) is 8.77. The second-order valence-corrected chi connectivity index (χ2v) is 7.07. The van der Waals surface area contributed by atoms with Crippen molar-refractivity contribution in [2.75, 3.05) is 0 Å². The minimum atomic E-state index is -4.14. The highest BCUT2D eigenvalue weighted by atomic mass is 127. The van der Waals surface area contributed by atoms with Gasteiger partial charge in [-0.1, -0.05) is 42.5 Å². The molecule has 112 valence electrons. The fourth-order valence-electron chi connectivity index (χ4n) is 2.10. The van der Waals surface area contributed by atoms with Gasteiger partial charge in [-0.3, -0.25) is 4.79 Å². The Morgan fingerprint density at radius 2 is 1.55 bits per heavy atom. The molecule has 0 saturated heterocycles. The van der Waals surface area contributed by atoms with Crippen LogP contribution in [0.25, 0.3) is 11.3 Å². The van der Waals surface area contributed by atoms with E-state index in [9.17, 15) is 13.2 Å². The highest BCUT2D eigenvalue weighted by Crippen LogP contribution is 2.32. The molecule has 3 rings (SSSR count). The van der Waals surface area contributed by atoms with Gasteiger partial charge in [0.25, 0.3) is 5.91 Å². The summed E-state index contributed by atoms with van der Waals surface area (Å²) in [6, 6.07) is 15.8. The van der Waals surface area contributed by atoms with Crippen molar-refractivity contribution < 1.29 is 17.4 Å². The molecule has 0 aromatic heterocycles. The van der Waals surface area contributed by atoms with Gasteiger partial charge in [0, 0.05) is 9.13 Å². The molecule has 1 aliphatic heterocycles. The number of hydrogen-bond acceptors (Lipinski definition) is 4. The van der Waals surface area contributed by atoms with E-state index in [-0.39, 0.29) is 11.3 Å². The molecule has 22 heavy (non-hydrogen) atoms.